The van der Waals surface area contributed by atoms with Crippen LogP contribution in [-0.2, 0) is 0 Å². The van der Waals surface area contributed by atoms with Crippen molar-refractivity contribution in [2.75, 3.05) is 28.4 Å². The van der Waals surface area contributed by atoms with Gasteiger partial charge in [-0.05, 0) is 90.6 Å². The maximum Gasteiger partial charge on any atom is 0.192 e. The number of methoxy groups -OCH3 is 4. The van der Waals surface area contributed by atoms with Crippen LogP contribution in [-0.4, -0.2) is 43.7 Å². The Morgan fingerprint density at radius 3 is 2.29 bits per heavy atom. The van der Waals surface area contributed by atoms with Crippen molar-refractivity contribution < 1.29 is 18.9 Å². The molecule has 5 rings (SSSR count). The Kier molecular flexibility index (Phi) is 6.47. The Labute approximate surface area is 210 Å². The van der Waals surface area contributed by atoms with E-state index in [1.54, 1.807) is 40.2 Å². The summed E-state index contributed by atoms with van der Waals surface area (Å²) in [5, 5.41) is 8.78. The molecule has 8 heteroatoms. The number of nitrogens with zero attached hydrogens (tertiary/aromatic N) is 3. The Morgan fingerprint density at radius 1 is 0.886 bits per heavy atom. The first-order chi connectivity index (χ1) is 17.1. The van der Waals surface area contributed by atoms with Crippen LogP contribution in [0.2, 0.25) is 0 Å². The largest absolute Gasteiger partial charge is 0.493 e. The average Bonchev–Trinajstić information content (AvgIpc) is 3.26. The molecule has 2 aliphatic heterocycles. The van der Waals surface area contributed by atoms with Crippen LogP contribution >= 0.6 is 11.8 Å². The fraction of sp³-hybridized carbons (Fsp3) is 0.333. The van der Waals surface area contributed by atoms with E-state index in [1.807, 2.05) is 25.1 Å². The lowest BCUT2D eigenvalue weighted by Gasteiger charge is -2.36. The molecule has 0 spiro atoms. The second kappa shape index (κ2) is 9.70. The summed E-state index contributed by atoms with van der Waals surface area (Å²) in [7, 11) is 6.63. The number of amidine groups is 1. The summed E-state index contributed by atoms with van der Waals surface area (Å²) in [4.78, 5) is 5.11. The zero-order valence-corrected chi connectivity index (χ0v) is 21.4. The lowest BCUT2D eigenvalue weighted by Crippen LogP contribution is -2.32. The van der Waals surface area contributed by atoms with Crippen molar-refractivity contribution in [1.82, 2.24) is 5.01 Å². The first-order valence-corrected chi connectivity index (χ1v) is 12.4. The van der Waals surface area contributed by atoms with Crippen LogP contribution < -0.4 is 18.9 Å². The number of hydrogen-bond donors (Lipinski definition) is 0. The van der Waals surface area contributed by atoms with Gasteiger partial charge in [0.25, 0.3) is 0 Å². The topological polar surface area (TPSA) is 64.9 Å². The zero-order chi connectivity index (χ0) is 24.5. The van der Waals surface area contributed by atoms with Gasteiger partial charge in [-0.2, -0.15) is 5.10 Å². The molecule has 0 bridgehead atoms. The molecule has 0 aromatic heterocycles. The smallest absolute Gasteiger partial charge is 0.192 e. The van der Waals surface area contributed by atoms with E-state index in [0.29, 0.717) is 17.2 Å². The number of hydrogen-bond acceptors (Lipinski definition) is 8. The normalized spacial score (nSPS) is 20.2. The van der Waals surface area contributed by atoms with Crippen molar-refractivity contribution in [3.05, 3.63) is 64.4 Å². The summed E-state index contributed by atoms with van der Waals surface area (Å²) in [6.07, 6.45) is 5.20. The van der Waals surface area contributed by atoms with Crippen LogP contribution in [0.4, 0.5) is 0 Å². The molecule has 0 fully saturated rings. The molecule has 0 N–H and O–H groups in total. The second-order valence-electron chi connectivity index (χ2n) is 8.49. The van der Waals surface area contributed by atoms with E-state index in [2.05, 4.69) is 29.3 Å². The van der Waals surface area contributed by atoms with Crippen LogP contribution in [0.1, 0.15) is 43.4 Å². The van der Waals surface area contributed by atoms with Crippen molar-refractivity contribution in [3.8, 4) is 23.0 Å². The summed E-state index contributed by atoms with van der Waals surface area (Å²) in [5.41, 5.74) is 5.73. The first-order valence-electron chi connectivity index (χ1n) is 11.5. The number of allylic oxidation sites excluding steroid dienone is 1. The van der Waals surface area contributed by atoms with Crippen molar-refractivity contribution in [2.24, 2.45) is 10.1 Å². The van der Waals surface area contributed by atoms with Gasteiger partial charge in [0.15, 0.2) is 28.2 Å². The van der Waals surface area contributed by atoms with E-state index in [9.17, 15) is 0 Å². The molecule has 1 aliphatic carbocycles. The van der Waals surface area contributed by atoms with E-state index in [4.69, 9.17) is 29.0 Å². The van der Waals surface area contributed by atoms with Crippen molar-refractivity contribution in [3.63, 3.8) is 0 Å². The molecule has 7 nitrogen and oxygen atoms in total. The van der Waals surface area contributed by atoms with Gasteiger partial charge in [-0.1, -0.05) is 12.1 Å². The molecule has 3 aliphatic rings. The number of fused-ring (bicyclic) bond motifs is 1. The molecule has 2 aromatic carbocycles. The minimum atomic E-state index is -0.0450. The average molecular weight is 492 g/mol. The lowest BCUT2D eigenvalue weighted by molar-refractivity contribution is 0.344. The van der Waals surface area contributed by atoms with Gasteiger partial charge in [0.05, 0.1) is 39.2 Å². The van der Waals surface area contributed by atoms with E-state index < -0.39 is 0 Å². The standard InChI is InChI=1S/C27H29N3O4S/c1-16-29-30-26(19-10-12-22(32-3)24(15-19)34-5)20-8-6-7-18(25(20)28-27(30)35-16)13-17-9-11-21(31-2)23(14-17)33-4/h9-15,26H,6-8H2,1-5H3/b18-13+. The van der Waals surface area contributed by atoms with Gasteiger partial charge in [0.1, 0.15) is 6.04 Å². The van der Waals surface area contributed by atoms with E-state index in [1.165, 1.54) is 11.1 Å². The SMILES string of the molecule is COc1ccc(/C=C2\CCCC3=C2N=C2SC(C)=NN2C3c2ccc(OC)c(OC)c2)cc1OC. The number of benzene rings is 2. The fourth-order valence-corrected chi connectivity index (χ4v) is 5.62. The molecule has 1 atom stereocenters. The van der Waals surface area contributed by atoms with Gasteiger partial charge in [-0.15, -0.1) is 0 Å². The van der Waals surface area contributed by atoms with Crippen LogP contribution in [0, 0.1) is 0 Å². The fourth-order valence-electron chi connectivity index (χ4n) is 4.85. The van der Waals surface area contributed by atoms with Gasteiger partial charge in [-0.3, -0.25) is 0 Å². The number of rotatable bonds is 6. The lowest BCUT2D eigenvalue weighted by atomic mass is 9.83. The number of hydrazone groups is 1. The quantitative estimate of drug-likeness (QED) is 0.491. The summed E-state index contributed by atoms with van der Waals surface area (Å²) in [6.45, 7) is 2.02. The van der Waals surface area contributed by atoms with E-state index >= 15 is 0 Å². The first kappa shape index (κ1) is 23.4. The summed E-state index contributed by atoms with van der Waals surface area (Å²) >= 11 is 1.61. The molecule has 0 radical (unpaired) electrons. The zero-order valence-electron chi connectivity index (χ0n) is 20.6. The summed E-state index contributed by atoms with van der Waals surface area (Å²) < 4.78 is 22.0. The van der Waals surface area contributed by atoms with Gasteiger partial charge in [-0.25, -0.2) is 10.0 Å². The highest BCUT2D eigenvalue weighted by Crippen LogP contribution is 2.48. The molecule has 0 saturated heterocycles. The Bertz CT molecular complexity index is 1280. The summed E-state index contributed by atoms with van der Waals surface area (Å²) in [6, 6.07) is 12.1. The minimum Gasteiger partial charge on any atom is -0.493 e. The number of thioether (sulfide) groups is 1. The minimum absolute atomic E-state index is 0.0450. The monoisotopic (exact) mass is 491 g/mol. The highest BCUT2D eigenvalue weighted by atomic mass is 32.2. The third-order valence-corrected chi connectivity index (χ3v) is 7.28. The highest BCUT2D eigenvalue weighted by Gasteiger charge is 2.39. The van der Waals surface area contributed by atoms with Gasteiger partial charge in [0, 0.05) is 0 Å². The van der Waals surface area contributed by atoms with Crippen LogP contribution in [0.15, 0.2) is 63.3 Å². The predicted octanol–water partition coefficient (Wildman–Crippen LogP) is 6.04. The molecular weight excluding hydrogens is 462 g/mol. The van der Waals surface area contributed by atoms with Crippen molar-refractivity contribution in [1.29, 1.82) is 0 Å². The van der Waals surface area contributed by atoms with Crippen LogP contribution in [0.25, 0.3) is 6.08 Å². The Morgan fingerprint density at radius 2 is 1.57 bits per heavy atom. The van der Waals surface area contributed by atoms with Crippen LogP contribution in [0.3, 0.4) is 0 Å². The van der Waals surface area contributed by atoms with Gasteiger partial charge in [0.2, 0.25) is 0 Å². The third-order valence-electron chi connectivity index (χ3n) is 6.44. The molecule has 182 valence electrons. The molecule has 0 amide bonds. The molecular formula is C27H29N3O4S. The maximum absolute atomic E-state index is 5.61. The number of aliphatic imine (C=N–C) groups is 1. The molecule has 1 unspecified atom stereocenters. The number of ether oxygens (including phenoxy) is 4. The Hall–Kier alpha value is -3.39. The second-order valence-corrected chi connectivity index (χ2v) is 9.65. The molecule has 35 heavy (non-hydrogen) atoms. The van der Waals surface area contributed by atoms with Gasteiger partial charge >= 0.3 is 0 Å². The van der Waals surface area contributed by atoms with Crippen LogP contribution in [0.5, 0.6) is 23.0 Å². The molecule has 2 heterocycles. The van der Waals surface area contributed by atoms with E-state index in [-0.39, 0.29) is 6.04 Å². The summed E-state index contributed by atoms with van der Waals surface area (Å²) in [5.74, 6) is 2.85. The van der Waals surface area contributed by atoms with E-state index in [0.717, 1.165) is 52.0 Å². The predicted molar refractivity (Wildman–Crippen MR) is 141 cm³/mol. The van der Waals surface area contributed by atoms with Gasteiger partial charge < -0.3 is 18.9 Å². The third kappa shape index (κ3) is 4.27. The molecule has 2 aromatic rings. The van der Waals surface area contributed by atoms with Crippen molar-refractivity contribution in [2.45, 2.75) is 32.2 Å². The molecule has 0 saturated carbocycles. The van der Waals surface area contributed by atoms with Crippen molar-refractivity contribution >= 4 is 28.0 Å². The highest BCUT2D eigenvalue weighted by molar-refractivity contribution is 8.26. The Balaban J connectivity index is 1.62. The maximum atomic E-state index is 5.61.